The van der Waals surface area contributed by atoms with E-state index in [1.807, 2.05) is 59.7 Å². The fourth-order valence-electron chi connectivity index (χ4n) is 0.534. The van der Waals surface area contributed by atoms with E-state index in [4.69, 9.17) is 0 Å². The normalized spacial score (nSPS) is 6.76. The lowest BCUT2D eigenvalue weighted by molar-refractivity contribution is 0.391. The first-order valence-electron chi connectivity index (χ1n) is 6.78. The summed E-state index contributed by atoms with van der Waals surface area (Å²) in [5.74, 6) is 0. The van der Waals surface area contributed by atoms with Gasteiger partial charge in [-0.2, -0.15) is 0 Å². The second-order valence-corrected chi connectivity index (χ2v) is 2.67. The van der Waals surface area contributed by atoms with Crippen molar-refractivity contribution in [1.29, 1.82) is 0 Å². The Kier molecular flexibility index (Phi) is 43.5. The molecule has 1 heteroatoms. The van der Waals surface area contributed by atoms with Gasteiger partial charge in [-0.05, 0) is 20.8 Å². The quantitative estimate of drug-likeness (QED) is 0.492. The first-order chi connectivity index (χ1) is 8.13. The van der Waals surface area contributed by atoms with Crippen molar-refractivity contribution in [3.8, 4) is 0 Å². The van der Waals surface area contributed by atoms with E-state index in [0.717, 1.165) is 0 Å². The molecule has 17 heavy (non-hydrogen) atoms. The van der Waals surface area contributed by atoms with Crippen LogP contribution in [0.2, 0.25) is 0 Å². The number of alkyl halides is 1. The van der Waals surface area contributed by atoms with Crippen LogP contribution in [-0.4, -0.2) is 6.17 Å². The summed E-state index contributed by atoms with van der Waals surface area (Å²) in [6.45, 7) is 17.1. The van der Waals surface area contributed by atoms with Crippen LogP contribution in [0.4, 0.5) is 4.39 Å². The van der Waals surface area contributed by atoms with E-state index in [9.17, 15) is 4.39 Å². The number of rotatable bonds is 0. The summed E-state index contributed by atoms with van der Waals surface area (Å²) in [7, 11) is 0. The predicted molar refractivity (Wildman–Crippen MR) is 81.5 cm³/mol. The molecular formula is C16H33F. The summed E-state index contributed by atoms with van der Waals surface area (Å²) in [6, 6.07) is 10.3. The summed E-state index contributed by atoms with van der Waals surface area (Å²) in [6.07, 6.45) is -0.667. The molecule has 0 amide bonds. The van der Waals surface area contributed by atoms with Crippen molar-refractivity contribution in [3.05, 3.63) is 35.9 Å². The zero-order valence-corrected chi connectivity index (χ0v) is 13.3. The maximum Gasteiger partial charge on any atom is 0.0945 e. The maximum atomic E-state index is 11.0. The van der Waals surface area contributed by atoms with Gasteiger partial charge in [0.05, 0.1) is 6.17 Å². The Morgan fingerprint density at radius 3 is 1.12 bits per heavy atom. The lowest BCUT2D eigenvalue weighted by Gasteiger charge is -1.82. The van der Waals surface area contributed by atoms with Crippen LogP contribution in [0.5, 0.6) is 0 Å². The minimum absolute atomic E-state index is 0.667. The van der Waals surface area contributed by atoms with Crippen LogP contribution < -0.4 is 0 Å². The molecule has 0 aliphatic carbocycles. The largest absolute Gasteiger partial charge is 0.248 e. The van der Waals surface area contributed by atoms with Gasteiger partial charge in [0, 0.05) is 0 Å². The summed E-state index contributed by atoms with van der Waals surface area (Å²) in [5, 5.41) is 0. The van der Waals surface area contributed by atoms with Gasteiger partial charge in [-0.3, -0.25) is 0 Å². The van der Waals surface area contributed by atoms with E-state index in [1.54, 1.807) is 0 Å². The Labute approximate surface area is 109 Å². The van der Waals surface area contributed by atoms with Crippen LogP contribution in [0.25, 0.3) is 0 Å². The van der Waals surface area contributed by atoms with E-state index in [-0.39, 0.29) is 0 Å². The molecule has 0 fully saturated rings. The van der Waals surface area contributed by atoms with Crippen LogP contribution in [0.15, 0.2) is 30.3 Å². The molecule has 104 valence electrons. The fraction of sp³-hybridized carbons (Fsp3) is 0.625. The van der Waals surface area contributed by atoms with Crippen LogP contribution >= 0.6 is 0 Å². The van der Waals surface area contributed by atoms with Crippen LogP contribution in [0.3, 0.4) is 0 Å². The molecule has 0 N–H and O–H groups in total. The average Bonchev–Trinajstić information content (AvgIpc) is 2.37. The van der Waals surface area contributed by atoms with Crippen molar-refractivity contribution < 1.29 is 4.39 Å². The highest BCUT2D eigenvalue weighted by Gasteiger charge is 1.73. The molecule has 0 aliphatic rings. The molecule has 0 aliphatic heterocycles. The zero-order chi connectivity index (χ0) is 14.7. The van der Waals surface area contributed by atoms with Crippen LogP contribution in [0.1, 0.15) is 61.0 Å². The van der Waals surface area contributed by atoms with Crippen molar-refractivity contribution >= 4 is 0 Å². The molecular weight excluding hydrogens is 211 g/mol. The number of aryl methyl sites for hydroxylation is 1. The molecule has 0 saturated heterocycles. The topological polar surface area (TPSA) is 0 Å². The van der Waals surface area contributed by atoms with E-state index < -0.39 is 6.17 Å². The third-order valence-corrected chi connectivity index (χ3v) is 0.940. The van der Waals surface area contributed by atoms with E-state index in [1.165, 1.54) is 19.4 Å². The van der Waals surface area contributed by atoms with Gasteiger partial charge in [-0.25, -0.2) is 4.39 Å². The van der Waals surface area contributed by atoms with Gasteiger partial charge in [0.1, 0.15) is 0 Å². The summed E-state index contributed by atoms with van der Waals surface area (Å²) in [4.78, 5) is 0. The lowest BCUT2D eigenvalue weighted by atomic mass is 10.2. The molecule has 0 aromatic heterocycles. The Morgan fingerprint density at radius 2 is 1.00 bits per heavy atom. The molecule has 0 nitrogen and oxygen atoms in total. The van der Waals surface area contributed by atoms with E-state index in [0.29, 0.717) is 0 Å². The smallest absolute Gasteiger partial charge is 0.0945 e. The van der Waals surface area contributed by atoms with Crippen molar-refractivity contribution in [2.45, 2.75) is 68.5 Å². The average molecular weight is 244 g/mol. The van der Waals surface area contributed by atoms with Gasteiger partial charge in [-0.15, -0.1) is 0 Å². The molecule has 1 rings (SSSR count). The maximum absolute atomic E-state index is 11.0. The summed E-state index contributed by atoms with van der Waals surface area (Å²) < 4.78 is 11.0. The first kappa shape index (κ1) is 25.1. The van der Waals surface area contributed by atoms with Crippen LogP contribution in [-0.2, 0) is 0 Å². The minimum Gasteiger partial charge on any atom is -0.248 e. The highest BCUT2D eigenvalue weighted by atomic mass is 19.1. The Balaban J connectivity index is -0.0000000735. The molecule has 0 radical (unpaired) electrons. The minimum atomic E-state index is -0.667. The van der Waals surface area contributed by atoms with E-state index in [2.05, 4.69) is 19.1 Å². The van der Waals surface area contributed by atoms with Gasteiger partial charge < -0.3 is 0 Å². The van der Waals surface area contributed by atoms with Crippen molar-refractivity contribution in [3.63, 3.8) is 0 Å². The molecule has 0 spiro atoms. The molecule has 0 bridgehead atoms. The fourth-order valence-corrected chi connectivity index (χ4v) is 0.534. The highest BCUT2D eigenvalue weighted by Crippen LogP contribution is 1.92. The zero-order valence-electron chi connectivity index (χ0n) is 13.3. The molecule has 0 saturated carbocycles. The van der Waals surface area contributed by atoms with Crippen molar-refractivity contribution in [1.82, 2.24) is 0 Å². The molecule has 0 unspecified atom stereocenters. The summed E-state index contributed by atoms with van der Waals surface area (Å²) >= 11 is 0. The SMILES string of the molecule is CC.CC.CC.CC(C)F.Cc1ccccc1. The second-order valence-electron chi connectivity index (χ2n) is 2.67. The predicted octanol–water partition coefficient (Wildman–Crippen LogP) is 6.44. The van der Waals surface area contributed by atoms with E-state index >= 15 is 0 Å². The molecule has 1 aromatic carbocycles. The number of hydrogen-bond donors (Lipinski definition) is 0. The van der Waals surface area contributed by atoms with Crippen molar-refractivity contribution in [2.24, 2.45) is 0 Å². The molecule has 0 atom stereocenters. The number of hydrogen-bond acceptors (Lipinski definition) is 0. The van der Waals surface area contributed by atoms with Gasteiger partial charge in [0.15, 0.2) is 0 Å². The number of benzene rings is 1. The number of halogens is 1. The third kappa shape index (κ3) is 51.2. The van der Waals surface area contributed by atoms with Gasteiger partial charge >= 0.3 is 0 Å². The lowest BCUT2D eigenvalue weighted by Crippen LogP contribution is -1.73. The monoisotopic (exact) mass is 244 g/mol. The Bertz CT molecular complexity index is 165. The van der Waals surface area contributed by atoms with Gasteiger partial charge in [-0.1, -0.05) is 77.4 Å². The first-order valence-corrected chi connectivity index (χ1v) is 6.78. The highest BCUT2D eigenvalue weighted by molar-refractivity contribution is 5.11. The van der Waals surface area contributed by atoms with Gasteiger partial charge in [0.25, 0.3) is 0 Å². The van der Waals surface area contributed by atoms with Gasteiger partial charge in [0.2, 0.25) is 0 Å². The third-order valence-electron chi connectivity index (χ3n) is 0.940. The Hall–Kier alpha value is -0.850. The summed E-state index contributed by atoms with van der Waals surface area (Å²) in [5.41, 5.74) is 1.32. The molecule has 1 aromatic rings. The van der Waals surface area contributed by atoms with Crippen LogP contribution in [0, 0.1) is 6.92 Å². The standard InChI is InChI=1S/C7H8.C3H7F.3C2H6/c1-7-5-3-2-4-6-7;1-3(2)4;3*1-2/h2-6H,1H3;3H,1-2H3;3*1-2H3. The Morgan fingerprint density at radius 1 is 0.765 bits per heavy atom. The molecule has 0 heterocycles. The van der Waals surface area contributed by atoms with Crippen molar-refractivity contribution in [2.75, 3.05) is 0 Å². The second kappa shape index (κ2) is 29.4.